The smallest absolute Gasteiger partial charge is 0.124 e. The Morgan fingerprint density at radius 1 is 1.15 bits per heavy atom. The molecule has 1 aromatic rings. The van der Waals surface area contributed by atoms with Crippen LogP contribution in [-0.4, -0.2) is 40.1 Å². The summed E-state index contributed by atoms with van der Waals surface area (Å²) in [4.78, 5) is 0. The zero-order valence-electron chi connectivity index (χ0n) is 13.0. The molecule has 0 spiro atoms. The monoisotopic (exact) mass is 281 g/mol. The second-order valence-electron chi connectivity index (χ2n) is 4.55. The lowest BCUT2D eigenvalue weighted by Crippen LogP contribution is -2.31. The Morgan fingerprint density at radius 2 is 1.90 bits per heavy atom. The molecular formula is C16H27NO3. The maximum Gasteiger partial charge on any atom is 0.124 e. The summed E-state index contributed by atoms with van der Waals surface area (Å²) in [5.41, 5.74) is 1.13. The third-order valence-electron chi connectivity index (χ3n) is 3.26. The van der Waals surface area contributed by atoms with Crippen molar-refractivity contribution in [3.05, 3.63) is 29.8 Å². The molecule has 2 unspecified atom stereocenters. The minimum absolute atomic E-state index is 0.124. The molecule has 1 N–H and O–H groups in total. The van der Waals surface area contributed by atoms with Crippen molar-refractivity contribution in [3.8, 4) is 5.75 Å². The van der Waals surface area contributed by atoms with Crippen LogP contribution in [-0.2, 0) is 9.47 Å². The Morgan fingerprint density at radius 3 is 2.50 bits per heavy atom. The lowest BCUT2D eigenvalue weighted by molar-refractivity contribution is 0.0324. The van der Waals surface area contributed by atoms with Crippen LogP contribution >= 0.6 is 0 Å². The molecule has 0 heterocycles. The summed E-state index contributed by atoms with van der Waals surface area (Å²) in [7, 11) is 3.63. The Labute approximate surface area is 122 Å². The largest absolute Gasteiger partial charge is 0.491 e. The van der Waals surface area contributed by atoms with Gasteiger partial charge in [0, 0.05) is 19.3 Å². The molecule has 1 aromatic carbocycles. The van der Waals surface area contributed by atoms with Gasteiger partial charge in [-0.2, -0.15) is 0 Å². The molecule has 0 aliphatic rings. The summed E-state index contributed by atoms with van der Waals surface area (Å²) in [5, 5.41) is 3.35. The summed E-state index contributed by atoms with van der Waals surface area (Å²) in [6, 6.07) is 8.22. The normalized spacial score (nSPS) is 14.0. The van der Waals surface area contributed by atoms with Crippen molar-refractivity contribution < 1.29 is 14.2 Å². The first-order chi connectivity index (χ1) is 9.78. The third kappa shape index (κ3) is 4.78. The lowest BCUT2D eigenvalue weighted by atomic mass is 9.98. The molecule has 20 heavy (non-hydrogen) atoms. The van der Waals surface area contributed by atoms with Gasteiger partial charge in [-0.15, -0.1) is 0 Å². The van der Waals surface area contributed by atoms with Crippen LogP contribution in [0.5, 0.6) is 5.75 Å². The number of methoxy groups -OCH3 is 1. The van der Waals surface area contributed by atoms with Gasteiger partial charge in [0.1, 0.15) is 12.4 Å². The summed E-state index contributed by atoms with van der Waals surface area (Å²) in [6.45, 7) is 6.01. The van der Waals surface area contributed by atoms with Crippen molar-refractivity contribution in [1.82, 2.24) is 5.32 Å². The van der Waals surface area contributed by atoms with Crippen LogP contribution in [0.2, 0.25) is 0 Å². The van der Waals surface area contributed by atoms with Crippen molar-refractivity contribution in [1.29, 1.82) is 0 Å². The number of hydrogen-bond donors (Lipinski definition) is 1. The molecule has 0 aliphatic heterocycles. The van der Waals surface area contributed by atoms with E-state index in [4.69, 9.17) is 14.2 Å². The van der Waals surface area contributed by atoms with Crippen molar-refractivity contribution in [2.45, 2.75) is 32.4 Å². The Bertz CT molecular complexity index is 370. The molecule has 0 aromatic heterocycles. The Balaban J connectivity index is 2.89. The molecule has 0 radical (unpaired) electrons. The van der Waals surface area contributed by atoms with Gasteiger partial charge in [0.25, 0.3) is 0 Å². The quantitative estimate of drug-likeness (QED) is 0.669. The summed E-state index contributed by atoms with van der Waals surface area (Å²) < 4.78 is 16.7. The van der Waals surface area contributed by atoms with E-state index in [1.165, 1.54) is 0 Å². The van der Waals surface area contributed by atoms with Gasteiger partial charge in [-0.05, 0) is 26.5 Å². The number of nitrogens with one attached hydrogen (secondary N) is 1. The van der Waals surface area contributed by atoms with Crippen LogP contribution in [0, 0.1) is 0 Å². The van der Waals surface area contributed by atoms with Crippen molar-refractivity contribution in [3.63, 3.8) is 0 Å². The van der Waals surface area contributed by atoms with Crippen LogP contribution in [0.3, 0.4) is 0 Å². The average Bonchev–Trinajstić information content (AvgIpc) is 2.48. The molecule has 114 valence electrons. The van der Waals surface area contributed by atoms with Crippen molar-refractivity contribution >= 4 is 0 Å². The van der Waals surface area contributed by atoms with Crippen LogP contribution < -0.4 is 10.1 Å². The topological polar surface area (TPSA) is 39.7 Å². The second kappa shape index (κ2) is 9.75. The van der Waals surface area contributed by atoms with E-state index in [0.717, 1.165) is 17.7 Å². The Hall–Kier alpha value is -1.10. The highest BCUT2D eigenvalue weighted by Crippen LogP contribution is 2.29. The molecule has 0 saturated carbocycles. The van der Waals surface area contributed by atoms with Gasteiger partial charge < -0.3 is 19.5 Å². The summed E-state index contributed by atoms with van der Waals surface area (Å²) in [5.74, 6) is 0.891. The van der Waals surface area contributed by atoms with Crippen LogP contribution in [0.15, 0.2) is 24.3 Å². The number of rotatable bonds is 10. The number of ether oxygens (including phenoxy) is 3. The van der Waals surface area contributed by atoms with Gasteiger partial charge in [0.05, 0.1) is 18.8 Å². The zero-order chi connectivity index (χ0) is 14.8. The highest BCUT2D eigenvalue weighted by Gasteiger charge is 2.23. The minimum Gasteiger partial charge on any atom is -0.491 e. The molecule has 0 aliphatic carbocycles. The fourth-order valence-electron chi connectivity index (χ4n) is 2.31. The Kier molecular flexibility index (Phi) is 8.26. The fourth-order valence-corrected chi connectivity index (χ4v) is 2.31. The number of para-hydroxylation sites is 1. The van der Waals surface area contributed by atoms with Crippen LogP contribution in [0.1, 0.15) is 31.9 Å². The predicted molar refractivity (Wildman–Crippen MR) is 81.3 cm³/mol. The standard InChI is InChI=1S/C16H27NO3/c1-5-14(19-6-2)16(17-3)13-9-7-8-10-15(13)20-12-11-18-4/h7-10,14,16-17H,5-6,11-12H2,1-4H3. The summed E-state index contributed by atoms with van der Waals surface area (Å²) in [6.07, 6.45) is 1.09. The second-order valence-corrected chi connectivity index (χ2v) is 4.55. The number of likely N-dealkylation sites (N-methyl/N-ethyl adjacent to an activating group) is 1. The molecule has 4 nitrogen and oxygen atoms in total. The molecular weight excluding hydrogens is 254 g/mol. The highest BCUT2D eigenvalue weighted by atomic mass is 16.5. The van der Waals surface area contributed by atoms with E-state index in [2.05, 4.69) is 18.3 Å². The predicted octanol–water partition coefficient (Wildman–Crippen LogP) is 2.79. The van der Waals surface area contributed by atoms with Gasteiger partial charge in [-0.25, -0.2) is 0 Å². The number of benzene rings is 1. The van der Waals surface area contributed by atoms with Gasteiger partial charge in [0.2, 0.25) is 0 Å². The van der Waals surface area contributed by atoms with Crippen LogP contribution in [0.25, 0.3) is 0 Å². The van der Waals surface area contributed by atoms with E-state index >= 15 is 0 Å². The maximum atomic E-state index is 5.84. The van der Waals surface area contributed by atoms with E-state index in [1.54, 1.807) is 7.11 Å². The van der Waals surface area contributed by atoms with E-state index in [1.807, 2.05) is 32.2 Å². The van der Waals surface area contributed by atoms with Gasteiger partial charge >= 0.3 is 0 Å². The van der Waals surface area contributed by atoms with Crippen molar-refractivity contribution in [2.24, 2.45) is 0 Å². The maximum absolute atomic E-state index is 5.84. The van der Waals surface area contributed by atoms with E-state index in [9.17, 15) is 0 Å². The first-order valence-corrected chi connectivity index (χ1v) is 7.27. The van der Waals surface area contributed by atoms with Gasteiger partial charge in [-0.3, -0.25) is 0 Å². The van der Waals surface area contributed by atoms with E-state index < -0.39 is 0 Å². The molecule has 2 atom stereocenters. The SMILES string of the molecule is CCOC(CC)C(NC)c1ccccc1OCCOC. The van der Waals surface area contributed by atoms with E-state index in [-0.39, 0.29) is 12.1 Å². The fraction of sp³-hybridized carbons (Fsp3) is 0.625. The highest BCUT2D eigenvalue weighted by molar-refractivity contribution is 5.36. The lowest BCUT2D eigenvalue weighted by Gasteiger charge is -2.27. The molecule has 1 rings (SSSR count). The van der Waals surface area contributed by atoms with Gasteiger partial charge in [0.15, 0.2) is 0 Å². The average molecular weight is 281 g/mol. The molecule has 4 heteroatoms. The zero-order valence-corrected chi connectivity index (χ0v) is 13.0. The summed E-state index contributed by atoms with van der Waals surface area (Å²) >= 11 is 0. The van der Waals surface area contributed by atoms with E-state index in [0.29, 0.717) is 19.8 Å². The molecule has 0 fully saturated rings. The minimum atomic E-state index is 0.124. The van der Waals surface area contributed by atoms with Gasteiger partial charge in [-0.1, -0.05) is 25.1 Å². The third-order valence-corrected chi connectivity index (χ3v) is 3.26. The molecule has 0 saturated heterocycles. The molecule has 0 bridgehead atoms. The number of hydrogen-bond acceptors (Lipinski definition) is 4. The van der Waals surface area contributed by atoms with Crippen molar-refractivity contribution in [2.75, 3.05) is 34.0 Å². The molecule has 0 amide bonds. The first kappa shape index (κ1) is 17.0. The van der Waals surface area contributed by atoms with Crippen LogP contribution in [0.4, 0.5) is 0 Å². The first-order valence-electron chi connectivity index (χ1n) is 7.27.